The minimum atomic E-state index is 0.224. The highest BCUT2D eigenvalue weighted by molar-refractivity contribution is 5.72. The number of hydrogen-bond acceptors (Lipinski definition) is 2. The van der Waals surface area contributed by atoms with Crippen molar-refractivity contribution in [3.8, 4) is 0 Å². The smallest absolute Gasteiger partial charge is 0.152 e. The maximum atomic E-state index is 5.48. The molecule has 104 valence electrons. The van der Waals surface area contributed by atoms with E-state index in [-0.39, 0.29) is 5.41 Å². The van der Waals surface area contributed by atoms with Gasteiger partial charge >= 0.3 is 0 Å². The summed E-state index contributed by atoms with van der Waals surface area (Å²) in [6, 6.07) is 4.09. The molecule has 0 radical (unpaired) electrons. The molecular formula is C17H25NO. The van der Waals surface area contributed by atoms with Crippen LogP contribution in [0.5, 0.6) is 0 Å². The third kappa shape index (κ3) is 3.17. The van der Waals surface area contributed by atoms with Gasteiger partial charge in [-0.3, -0.25) is 4.98 Å². The van der Waals surface area contributed by atoms with E-state index in [9.17, 15) is 0 Å². The minimum Gasteiger partial charge on any atom is -0.463 e. The molecule has 0 aliphatic heterocycles. The lowest BCUT2D eigenvalue weighted by molar-refractivity contribution is 0.395. The molecule has 0 spiro atoms. The van der Waals surface area contributed by atoms with Crippen LogP contribution in [0, 0.1) is 0 Å². The van der Waals surface area contributed by atoms with E-state index in [1.165, 1.54) is 37.7 Å². The first kappa shape index (κ1) is 14.1. The fourth-order valence-electron chi connectivity index (χ4n) is 2.64. The number of unbranched alkanes of at least 4 members (excludes halogenated alkanes) is 3. The van der Waals surface area contributed by atoms with Crippen LogP contribution in [0.2, 0.25) is 0 Å². The van der Waals surface area contributed by atoms with Gasteiger partial charge in [-0.2, -0.15) is 0 Å². The van der Waals surface area contributed by atoms with E-state index in [4.69, 9.17) is 4.42 Å². The van der Waals surface area contributed by atoms with Crippen molar-refractivity contribution in [2.75, 3.05) is 0 Å². The van der Waals surface area contributed by atoms with Crippen molar-refractivity contribution in [2.24, 2.45) is 0 Å². The van der Waals surface area contributed by atoms with Gasteiger partial charge in [0.15, 0.2) is 5.58 Å². The summed E-state index contributed by atoms with van der Waals surface area (Å²) < 4.78 is 5.48. The molecule has 0 saturated heterocycles. The highest BCUT2D eigenvalue weighted by atomic mass is 16.3. The summed E-state index contributed by atoms with van der Waals surface area (Å²) in [6.07, 6.45) is 11.4. The van der Waals surface area contributed by atoms with E-state index in [0.717, 1.165) is 17.5 Å². The van der Waals surface area contributed by atoms with Crippen LogP contribution in [0.4, 0.5) is 0 Å². The summed E-state index contributed by atoms with van der Waals surface area (Å²) in [5, 5.41) is 0. The standard InChI is InChI=1S/C17H25NO/c1-4-6-7-8-10-17(3,5-2)14-12-16-15(18-13-14)9-11-19-16/h9,11-13H,4-8,10H2,1-3H3. The van der Waals surface area contributed by atoms with E-state index < -0.39 is 0 Å². The van der Waals surface area contributed by atoms with Gasteiger partial charge in [0.25, 0.3) is 0 Å². The Morgan fingerprint density at radius 1 is 1.21 bits per heavy atom. The second kappa shape index (κ2) is 6.23. The van der Waals surface area contributed by atoms with Gasteiger partial charge in [0.05, 0.1) is 6.26 Å². The second-order valence-corrected chi connectivity index (χ2v) is 5.75. The summed E-state index contributed by atoms with van der Waals surface area (Å²) in [5.74, 6) is 0. The van der Waals surface area contributed by atoms with Gasteiger partial charge in [0.1, 0.15) is 5.52 Å². The summed E-state index contributed by atoms with van der Waals surface area (Å²) in [5.41, 5.74) is 3.40. The van der Waals surface area contributed by atoms with Gasteiger partial charge in [0, 0.05) is 12.3 Å². The van der Waals surface area contributed by atoms with Crippen molar-refractivity contribution in [3.63, 3.8) is 0 Å². The summed E-state index contributed by atoms with van der Waals surface area (Å²) >= 11 is 0. The van der Waals surface area contributed by atoms with Crippen LogP contribution in [0.25, 0.3) is 11.1 Å². The lowest BCUT2D eigenvalue weighted by Crippen LogP contribution is -2.21. The van der Waals surface area contributed by atoms with Gasteiger partial charge in [-0.05, 0) is 29.9 Å². The quantitative estimate of drug-likeness (QED) is 0.616. The van der Waals surface area contributed by atoms with Crippen molar-refractivity contribution in [3.05, 3.63) is 30.2 Å². The van der Waals surface area contributed by atoms with Crippen molar-refractivity contribution in [1.82, 2.24) is 4.98 Å². The van der Waals surface area contributed by atoms with Crippen molar-refractivity contribution in [1.29, 1.82) is 0 Å². The molecule has 0 saturated carbocycles. The molecule has 0 bridgehead atoms. The molecule has 2 nitrogen and oxygen atoms in total. The van der Waals surface area contributed by atoms with E-state index in [1.54, 1.807) is 6.26 Å². The fourth-order valence-corrected chi connectivity index (χ4v) is 2.64. The zero-order valence-electron chi connectivity index (χ0n) is 12.4. The number of hydrogen-bond donors (Lipinski definition) is 0. The molecule has 1 atom stereocenters. The highest BCUT2D eigenvalue weighted by Crippen LogP contribution is 2.34. The number of pyridine rings is 1. The fraction of sp³-hybridized carbons (Fsp3) is 0.588. The number of rotatable bonds is 7. The Morgan fingerprint density at radius 3 is 2.79 bits per heavy atom. The molecule has 0 fully saturated rings. The predicted octanol–water partition coefficient (Wildman–Crippen LogP) is 5.47. The molecule has 2 aromatic rings. The topological polar surface area (TPSA) is 26.0 Å². The average molecular weight is 259 g/mol. The van der Waals surface area contributed by atoms with E-state index >= 15 is 0 Å². The maximum absolute atomic E-state index is 5.48. The van der Waals surface area contributed by atoms with Crippen LogP contribution in [-0.4, -0.2) is 4.98 Å². The largest absolute Gasteiger partial charge is 0.463 e. The molecule has 0 aromatic carbocycles. The number of aromatic nitrogens is 1. The molecule has 0 N–H and O–H groups in total. The van der Waals surface area contributed by atoms with Gasteiger partial charge < -0.3 is 4.42 Å². The monoisotopic (exact) mass is 259 g/mol. The molecule has 2 heteroatoms. The first-order chi connectivity index (χ1) is 9.19. The van der Waals surface area contributed by atoms with Crippen molar-refractivity contribution in [2.45, 2.75) is 64.7 Å². The molecule has 0 aliphatic rings. The van der Waals surface area contributed by atoms with E-state index in [0.29, 0.717) is 0 Å². The first-order valence-corrected chi connectivity index (χ1v) is 7.53. The lowest BCUT2D eigenvalue weighted by atomic mass is 9.76. The van der Waals surface area contributed by atoms with Crippen molar-refractivity contribution >= 4 is 11.1 Å². The molecule has 2 rings (SSSR count). The van der Waals surface area contributed by atoms with Gasteiger partial charge in [-0.1, -0.05) is 46.5 Å². The Labute approximate surface area is 116 Å². The SMILES string of the molecule is CCCCCCC(C)(CC)c1cnc2ccoc2c1. The van der Waals surface area contributed by atoms with Gasteiger partial charge in [0.2, 0.25) is 0 Å². The number of nitrogens with zero attached hydrogens (tertiary/aromatic N) is 1. The zero-order chi connectivity index (χ0) is 13.7. The summed E-state index contributed by atoms with van der Waals surface area (Å²) in [4.78, 5) is 4.51. The minimum absolute atomic E-state index is 0.224. The number of furan rings is 1. The molecular weight excluding hydrogens is 234 g/mol. The van der Waals surface area contributed by atoms with Crippen molar-refractivity contribution < 1.29 is 4.42 Å². The molecule has 0 amide bonds. The average Bonchev–Trinajstić information content (AvgIpc) is 2.90. The van der Waals surface area contributed by atoms with Crippen LogP contribution < -0.4 is 0 Å². The normalized spacial score (nSPS) is 14.7. The lowest BCUT2D eigenvalue weighted by Gasteiger charge is -2.28. The molecule has 0 aliphatic carbocycles. The number of fused-ring (bicyclic) bond motifs is 1. The van der Waals surface area contributed by atoms with Gasteiger partial charge in [-0.15, -0.1) is 0 Å². The Bertz CT molecular complexity index is 517. The Kier molecular flexibility index (Phi) is 4.62. The molecule has 19 heavy (non-hydrogen) atoms. The first-order valence-electron chi connectivity index (χ1n) is 7.53. The van der Waals surface area contributed by atoms with Crippen LogP contribution in [0.15, 0.2) is 29.0 Å². The third-order valence-electron chi connectivity index (χ3n) is 4.36. The summed E-state index contributed by atoms with van der Waals surface area (Å²) in [6.45, 7) is 6.88. The van der Waals surface area contributed by atoms with Crippen LogP contribution in [-0.2, 0) is 5.41 Å². The highest BCUT2D eigenvalue weighted by Gasteiger charge is 2.25. The Morgan fingerprint density at radius 2 is 2.05 bits per heavy atom. The predicted molar refractivity (Wildman–Crippen MR) is 80.4 cm³/mol. The second-order valence-electron chi connectivity index (χ2n) is 5.75. The Balaban J connectivity index is 2.14. The molecule has 2 aromatic heterocycles. The zero-order valence-corrected chi connectivity index (χ0v) is 12.4. The van der Waals surface area contributed by atoms with Crippen LogP contribution in [0.3, 0.4) is 0 Å². The third-order valence-corrected chi connectivity index (χ3v) is 4.36. The van der Waals surface area contributed by atoms with E-state index in [1.807, 2.05) is 12.3 Å². The molecule has 1 unspecified atom stereocenters. The van der Waals surface area contributed by atoms with E-state index in [2.05, 4.69) is 31.8 Å². The van der Waals surface area contributed by atoms with Gasteiger partial charge in [-0.25, -0.2) is 0 Å². The van der Waals surface area contributed by atoms with Crippen LogP contribution in [0.1, 0.15) is 64.9 Å². The maximum Gasteiger partial charge on any atom is 0.152 e. The molecule has 2 heterocycles. The van der Waals surface area contributed by atoms with Crippen LogP contribution >= 0.6 is 0 Å². The summed E-state index contributed by atoms with van der Waals surface area (Å²) in [7, 11) is 0. The Hall–Kier alpha value is -1.31.